The van der Waals surface area contributed by atoms with Crippen molar-refractivity contribution in [2.24, 2.45) is 5.73 Å². The largest absolute Gasteiger partial charge is 0.327 e. The third-order valence-corrected chi connectivity index (χ3v) is 1.26. The standard InChI is InChI=1S/C6H12NS/c1-8-6-4-2-3-5-7/h2-3H,1,4-7H2. The Bertz CT molecular complexity index is 61.5. The average molecular weight is 130 g/mol. The van der Waals surface area contributed by atoms with E-state index in [2.05, 4.69) is 12.3 Å². The minimum atomic E-state index is 0.655. The van der Waals surface area contributed by atoms with Crippen LogP contribution in [0.4, 0.5) is 0 Å². The molecule has 47 valence electrons. The molecule has 0 amide bonds. The molecule has 0 aromatic carbocycles. The molecule has 0 aromatic rings. The molecule has 8 heavy (non-hydrogen) atoms. The maximum Gasteiger partial charge on any atom is 0.0106 e. The summed E-state index contributed by atoms with van der Waals surface area (Å²) in [5, 5.41) is 0. The van der Waals surface area contributed by atoms with Crippen molar-refractivity contribution >= 4 is 11.8 Å². The maximum absolute atomic E-state index is 5.20. The fraction of sp³-hybridized carbons (Fsp3) is 0.500. The van der Waals surface area contributed by atoms with Gasteiger partial charge in [-0.25, -0.2) is 0 Å². The molecule has 0 heterocycles. The Labute approximate surface area is 55.3 Å². The first-order chi connectivity index (χ1) is 3.91. The zero-order valence-corrected chi connectivity index (χ0v) is 5.79. The summed E-state index contributed by atoms with van der Waals surface area (Å²) in [7, 11) is 0. The first-order valence-electron chi connectivity index (χ1n) is 2.64. The Morgan fingerprint density at radius 2 is 2.25 bits per heavy atom. The Hall–Kier alpha value is 0.0500. The van der Waals surface area contributed by atoms with Crippen LogP contribution in [0.25, 0.3) is 0 Å². The third kappa shape index (κ3) is 6.05. The van der Waals surface area contributed by atoms with Gasteiger partial charge in [0.05, 0.1) is 0 Å². The van der Waals surface area contributed by atoms with Gasteiger partial charge in [-0.1, -0.05) is 12.2 Å². The number of rotatable bonds is 4. The van der Waals surface area contributed by atoms with Crippen LogP contribution in [0, 0.1) is 6.26 Å². The van der Waals surface area contributed by atoms with Gasteiger partial charge in [-0.05, 0) is 12.2 Å². The van der Waals surface area contributed by atoms with Crippen molar-refractivity contribution in [3.05, 3.63) is 18.4 Å². The Balaban J connectivity index is 2.80. The second-order valence-corrected chi connectivity index (χ2v) is 2.22. The fourth-order valence-corrected chi connectivity index (χ4v) is 0.668. The van der Waals surface area contributed by atoms with Crippen molar-refractivity contribution in [3.63, 3.8) is 0 Å². The first kappa shape index (κ1) is 8.05. The van der Waals surface area contributed by atoms with Crippen LogP contribution in [-0.4, -0.2) is 12.3 Å². The molecule has 2 N–H and O–H groups in total. The quantitative estimate of drug-likeness (QED) is 0.460. The smallest absolute Gasteiger partial charge is 0.0106 e. The number of thioether (sulfide) groups is 1. The Morgan fingerprint density at radius 1 is 1.50 bits per heavy atom. The summed E-state index contributed by atoms with van der Waals surface area (Å²) >= 11 is 1.61. The Morgan fingerprint density at radius 3 is 2.75 bits per heavy atom. The van der Waals surface area contributed by atoms with Gasteiger partial charge in [0.1, 0.15) is 0 Å². The zero-order valence-electron chi connectivity index (χ0n) is 4.97. The summed E-state index contributed by atoms with van der Waals surface area (Å²) in [6.07, 6.45) is 8.77. The van der Waals surface area contributed by atoms with E-state index in [1.807, 2.05) is 6.08 Å². The topological polar surface area (TPSA) is 26.0 Å². The molecule has 0 aliphatic heterocycles. The van der Waals surface area contributed by atoms with Gasteiger partial charge in [0.15, 0.2) is 0 Å². The molecular formula is C6H12NS. The molecule has 0 saturated carbocycles. The van der Waals surface area contributed by atoms with E-state index in [-0.39, 0.29) is 0 Å². The lowest BCUT2D eigenvalue weighted by Crippen LogP contribution is -1.91. The summed E-state index contributed by atoms with van der Waals surface area (Å²) in [6, 6.07) is 0. The van der Waals surface area contributed by atoms with E-state index in [1.54, 1.807) is 11.8 Å². The van der Waals surface area contributed by atoms with Crippen molar-refractivity contribution in [1.82, 2.24) is 0 Å². The van der Waals surface area contributed by atoms with Crippen molar-refractivity contribution in [3.8, 4) is 0 Å². The van der Waals surface area contributed by atoms with Crippen molar-refractivity contribution < 1.29 is 0 Å². The molecular weight excluding hydrogens is 118 g/mol. The number of hydrogen-bond acceptors (Lipinski definition) is 2. The monoisotopic (exact) mass is 130 g/mol. The van der Waals surface area contributed by atoms with Crippen LogP contribution in [0.2, 0.25) is 0 Å². The normalized spacial score (nSPS) is 10.8. The Kier molecular flexibility index (Phi) is 7.09. The van der Waals surface area contributed by atoms with Crippen LogP contribution in [0.3, 0.4) is 0 Å². The molecule has 0 spiro atoms. The molecule has 0 bridgehead atoms. The lowest BCUT2D eigenvalue weighted by molar-refractivity contribution is 1.19. The number of allylic oxidation sites excluding steroid dienone is 1. The van der Waals surface area contributed by atoms with Crippen molar-refractivity contribution in [1.29, 1.82) is 0 Å². The molecule has 0 fully saturated rings. The van der Waals surface area contributed by atoms with E-state index in [4.69, 9.17) is 5.73 Å². The van der Waals surface area contributed by atoms with Crippen LogP contribution in [-0.2, 0) is 0 Å². The molecule has 0 aromatic heterocycles. The van der Waals surface area contributed by atoms with Gasteiger partial charge < -0.3 is 5.73 Å². The van der Waals surface area contributed by atoms with E-state index in [9.17, 15) is 0 Å². The van der Waals surface area contributed by atoms with Gasteiger partial charge in [-0.15, -0.1) is 0 Å². The van der Waals surface area contributed by atoms with Gasteiger partial charge in [0.2, 0.25) is 0 Å². The lowest BCUT2D eigenvalue weighted by Gasteiger charge is -1.85. The van der Waals surface area contributed by atoms with E-state index < -0.39 is 0 Å². The van der Waals surface area contributed by atoms with Gasteiger partial charge >= 0.3 is 0 Å². The highest BCUT2D eigenvalue weighted by Crippen LogP contribution is 1.97. The van der Waals surface area contributed by atoms with Crippen LogP contribution >= 0.6 is 11.8 Å². The molecule has 1 radical (unpaired) electrons. The van der Waals surface area contributed by atoms with Crippen LogP contribution < -0.4 is 5.73 Å². The van der Waals surface area contributed by atoms with Gasteiger partial charge in [0.25, 0.3) is 0 Å². The molecule has 0 aliphatic carbocycles. The maximum atomic E-state index is 5.20. The molecule has 2 heteroatoms. The lowest BCUT2D eigenvalue weighted by atomic mass is 10.4. The van der Waals surface area contributed by atoms with Crippen LogP contribution in [0.15, 0.2) is 12.2 Å². The highest BCUT2D eigenvalue weighted by atomic mass is 32.2. The number of nitrogens with two attached hydrogens (primary N) is 1. The molecule has 0 atom stereocenters. The van der Waals surface area contributed by atoms with Crippen LogP contribution in [0.1, 0.15) is 6.42 Å². The van der Waals surface area contributed by atoms with Gasteiger partial charge in [0, 0.05) is 12.8 Å². The number of hydrogen-bond donors (Lipinski definition) is 1. The van der Waals surface area contributed by atoms with E-state index in [1.165, 1.54) is 0 Å². The van der Waals surface area contributed by atoms with Crippen molar-refractivity contribution in [2.75, 3.05) is 12.3 Å². The SMILES string of the molecule is [CH2]SCCC=CCN. The van der Waals surface area contributed by atoms with Crippen molar-refractivity contribution in [2.45, 2.75) is 6.42 Å². The summed E-state index contributed by atoms with van der Waals surface area (Å²) in [5.74, 6) is 1.09. The predicted molar refractivity (Wildman–Crippen MR) is 40.6 cm³/mol. The zero-order chi connectivity index (χ0) is 6.24. The minimum Gasteiger partial charge on any atom is -0.327 e. The molecule has 0 rings (SSSR count). The second-order valence-electron chi connectivity index (χ2n) is 1.40. The molecule has 0 aliphatic rings. The van der Waals surface area contributed by atoms with E-state index in [0.29, 0.717) is 6.54 Å². The van der Waals surface area contributed by atoms with Gasteiger partial charge in [-0.2, -0.15) is 11.8 Å². The van der Waals surface area contributed by atoms with E-state index >= 15 is 0 Å². The molecule has 1 nitrogen and oxygen atoms in total. The fourth-order valence-electron chi connectivity index (χ4n) is 0.365. The highest BCUT2D eigenvalue weighted by molar-refractivity contribution is 8.00. The van der Waals surface area contributed by atoms with E-state index in [0.717, 1.165) is 12.2 Å². The molecule has 0 unspecified atom stereocenters. The van der Waals surface area contributed by atoms with Gasteiger partial charge in [-0.3, -0.25) is 0 Å². The minimum absolute atomic E-state index is 0.655. The summed E-state index contributed by atoms with van der Waals surface area (Å²) in [6.45, 7) is 0.655. The summed E-state index contributed by atoms with van der Waals surface area (Å²) in [4.78, 5) is 0. The summed E-state index contributed by atoms with van der Waals surface area (Å²) < 4.78 is 0. The second kappa shape index (κ2) is 7.05. The molecule has 0 saturated heterocycles. The van der Waals surface area contributed by atoms with Crippen LogP contribution in [0.5, 0.6) is 0 Å². The first-order valence-corrected chi connectivity index (χ1v) is 3.79. The average Bonchev–Trinajstić information content (AvgIpc) is 1.81. The third-order valence-electron chi connectivity index (χ3n) is 0.732. The predicted octanol–water partition coefficient (Wildman–Crippen LogP) is 1.42. The summed E-state index contributed by atoms with van der Waals surface area (Å²) in [5.41, 5.74) is 5.20. The highest BCUT2D eigenvalue weighted by Gasteiger charge is 1.74.